The molecule has 0 bridgehead atoms. The zero-order chi connectivity index (χ0) is 18.5. The molecule has 1 aliphatic rings. The van der Waals surface area contributed by atoms with E-state index in [9.17, 15) is 5.11 Å². The van der Waals surface area contributed by atoms with Crippen LogP contribution in [0.4, 0.5) is 0 Å². The van der Waals surface area contributed by atoms with Gasteiger partial charge in [-0.25, -0.2) is 4.68 Å². The number of benzene rings is 1. The Hall–Kier alpha value is -1.99. The Morgan fingerprint density at radius 1 is 1.07 bits per heavy atom. The lowest BCUT2D eigenvalue weighted by atomic mass is 10.1. The number of rotatable bonds is 7. The Labute approximate surface area is 164 Å². The average molecular weight is 383 g/mol. The van der Waals surface area contributed by atoms with E-state index in [1.54, 1.807) is 0 Å². The molecule has 3 heterocycles. The summed E-state index contributed by atoms with van der Waals surface area (Å²) in [6.07, 6.45) is 4.91. The highest BCUT2D eigenvalue weighted by atomic mass is 32.1. The van der Waals surface area contributed by atoms with Crippen LogP contribution in [0.2, 0.25) is 0 Å². The van der Waals surface area contributed by atoms with Crippen LogP contribution >= 0.6 is 11.3 Å². The molecular weight excluding hydrogens is 356 g/mol. The zero-order valence-electron chi connectivity index (χ0n) is 15.4. The molecule has 0 saturated carbocycles. The number of hydrogen-bond donors (Lipinski definition) is 1. The van der Waals surface area contributed by atoms with Crippen molar-refractivity contribution in [2.75, 3.05) is 26.2 Å². The van der Waals surface area contributed by atoms with Crippen molar-refractivity contribution >= 4 is 11.3 Å². The van der Waals surface area contributed by atoms with Crippen LogP contribution in [-0.4, -0.2) is 57.0 Å². The maximum absolute atomic E-state index is 9.51. The van der Waals surface area contributed by atoms with Gasteiger partial charge in [0, 0.05) is 62.0 Å². The quantitative estimate of drug-likeness (QED) is 0.682. The summed E-state index contributed by atoms with van der Waals surface area (Å²) < 4.78 is 1.94. The highest BCUT2D eigenvalue weighted by Gasteiger charge is 2.27. The topological polar surface area (TPSA) is 44.5 Å². The summed E-state index contributed by atoms with van der Waals surface area (Å²) in [5, 5.41) is 16.2. The third-order valence-corrected chi connectivity index (χ3v) is 6.01. The molecule has 0 amide bonds. The third-order valence-electron chi connectivity index (χ3n) is 5.15. The lowest BCUT2D eigenvalue weighted by molar-refractivity contribution is 0.0506. The highest BCUT2D eigenvalue weighted by Crippen LogP contribution is 2.20. The summed E-state index contributed by atoms with van der Waals surface area (Å²) >= 11 is 1.81. The number of thiophene rings is 1. The molecule has 0 radical (unpaired) electrons. The maximum atomic E-state index is 9.51. The van der Waals surface area contributed by atoms with Gasteiger partial charge in [-0.2, -0.15) is 5.10 Å². The van der Waals surface area contributed by atoms with Crippen LogP contribution in [0.1, 0.15) is 16.9 Å². The van der Waals surface area contributed by atoms with Crippen molar-refractivity contribution in [3.05, 3.63) is 70.7 Å². The fourth-order valence-corrected chi connectivity index (χ4v) is 4.49. The van der Waals surface area contributed by atoms with Crippen LogP contribution in [0.25, 0.3) is 5.69 Å². The van der Waals surface area contributed by atoms with Crippen molar-refractivity contribution in [1.29, 1.82) is 0 Å². The molecule has 1 atom stereocenters. The summed E-state index contributed by atoms with van der Waals surface area (Å²) in [6, 6.07) is 14.9. The second kappa shape index (κ2) is 8.80. The fraction of sp³-hybridized carbons (Fsp3) is 0.381. The number of aromatic nitrogens is 2. The molecule has 1 aliphatic heterocycles. The van der Waals surface area contributed by atoms with E-state index in [0.717, 1.165) is 44.8 Å². The van der Waals surface area contributed by atoms with Gasteiger partial charge in [0.1, 0.15) is 0 Å². The Bertz CT molecular complexity index is 818. The maximum Gasteiger partial charge on any atom is 0.0645 e. The standard InChI is InChI=1S/C21H26N4OS/c26-11-8-20-16-23(9-10-24(20)17-21-7-4-12-27-21)14-18-13-22-25(15-18)19-5-2-1-3-6-19/h1-7,12-13,15,20,26H,8-11,14,16-17H2. The molecule has 2 aromatic heterocycles. The van der Waals surface area contributed by atoms with E-state index in [0.29, 0.717) is 6.04 Å². The number of hydrogen-bond acceptors (Lipinski definition) is 5. The number of para-hydroxylation sites is 1. The van der Waals surface area contributed by atoms with Gasteiger partial charge >= 0.3 is 0 Å². The predicted molar refractivity (Wildman–Crippen MR) is 109 cm³/mol. The third kappa shape index (κ3) is 4.65. The Morgan fingerprint density at radius 3 is 2.74 bits per heavy atom. The first-order chi connectivity index (χ1) is 13.3. The Balaban J connectivity index is 1.38. The van der Waals surface area contributed by atoms with Gasteiger partial charge in [-0.05, 0) is 30.0 Å². The lowest BCUT2D eigenvalue weighted by Gasteiger charge is -2.41. The van der Waals surface area contributed by atoms with Crippen molar-refractivity contribution in [2.24, 2.45) is 0 Å². The van der Waals surface area contributed by atoms with Crippen molar-refractivity contribution in [2.45, 2.75) is 25.6 Å². The van der Waals surface area contributed by atoms with Gasteiger partial charge in [0.05, 0.1) is 11.9 Å². The van der Waals surface area contributed by atoms with Crippen LogP contribution in [-0.2, 0) is 13.1 Å². The number of nitrogens with zero attached hydrogens (tertiary/aromatic N) is 4. The Morgan fingerprint density at radius 2 is 1.96 bits per heavy atom. The van der Waals surface area contributed by atoms with Crippen LogP contribution < -0.4 is 0 Å². The van der Waals surface area contributed by atoms with E-state index >= 15 is 0 Å². The van der Waals surface area contributed by atoms with E-state index in [1.807, 2.05) is 40.4 Å². The summed E-state index contributed by atoms with van der Waals surface area (Å²) in [7, 11) is 0. The van der Waals surface area contributed by atoms with Gasteiger partial charge in [-0.3, -0.25) is 9.80 Å². The molecule has 0 spiro atoms. The molecule has 3 aromatic rings. The van der Waals surface area contributed by atoms with E-state index in [1.165, 1.54) is 10.4 Å². The van der Waals surface area contributed by atoms with Gasteiger partial charge < -0.3 is 5.11 Å². The SMILES string of the molecule is OCCC1CN(Cc2cnn(-c3ccccc3)c2)CCN1Cc1cccs1. The normalized spacial score (nSPS) is 18.8. The second-order valence-electron chi connectivity index (χ2n) is 7.08. The first-order valence-corrected chi connectivity index (χ1v) is 10.4. The van der Waals surface area contributed by atoms with Gasteiger partial charge in [0.15, 0.2) is 0 Å². The molecule has 4 rings (SSSR count). The van der Waals surface area contributed by atoms with Crippen LogP contribution in [0.5, 0.6) is 0 Å². The smallest absolute Gasteiger partial charge is 0.0645 e. The van der Waals surface area contributed by atoms with E-state index < -0.39 is 0 Å². The summed E-state index contributed by atoms with van der Waals surface area (Å²) in [5.74, 6) is 0. The highest BCUT2D eigenvalue weighted by molar-refractivity contribution is 7.09. The van der Waals surface area contributed by atoms with E-state index in [-0.39, 0.29) is 6.61 Å². The largest absolute Gasteiger partial charge is 0.396 e. The van der Waals surface area contributed by atoms with Gasteiger partial charge in [-0.1, -0.05) is 24.3 Å². The van der Waals surface area contributed by atoms with E-state index in [4.69, 9.17) is 0 Å². The first kappa shape index (κ1) is 18.4. The molecular formula is C21H26N4OS. The molecule has 1 aromatic carbocycles. The van der Waals surface area contributed by atoms with Crippen molar-refractivity contribution in [3.63, 3.8) is 0 Å². The van der Waals surface area contributed by atoms with Crippen molar-refractivity contribution in [3.8, 4) is 5.69 Å². The molecule has 142 valence electrons. The molecule has 27 heavy (non-hydrogen) atoms. The molecule has 1 N–H and O–H groups in total. The van der Waals surface area contributed by atoms with Gasteiger partial charge in [-0.15, -0.1) is 11.3 Å². The molecule has 5 nitrogen and oxygen atoms in total. The van der Waals surface area contributed by atoms with Crippen LogP contribution in [0, 0.1) is 0 Å². The van der Waals surface area contributed by atoms with Gasteiger partial charge in [0.2, 0.25) is 0 Å². The lowest BCUT2D eigenvalue weighted by Crippen LogP contribution is -2.52. The molecule has 1 unspecified atom stereocenters. The monoisotopic (exact) mass is 382 g/mol. The zero-order valence-corrected chi connectivity index (χ0v) is 16.3. The second-order valence-corrected chi connectivity index (χ2v) is 8.11. The Kier molecular flexibility index (Phi) is 5.99. The fourth-order valence-electron chi connectivity index (χ4n) is 3.76. The molecule has 1 fully saturated rings. The summed E-state index contributed by atoms with van der Waals surface area (Å²) in [6.45, 7) is 5.21. The predicted octanol–water partition coefficient (Wildman–Crippen LogP) is 3.00. The van der Waals surface area contributed by atoms with Crippen LogP contribution in [0.3, 0.4) is 0 Å². The average Bonchev–Trinajstić information content (AvgIpc) is 3.37. The minimum absolute atomic E-state index is 0.241. The van der Waals surface area contributed by atoms with Crippen molar-refractivity contribution in [1.82, 2.24) is 19.6 Å². The minimum atomic E-state index is 0.241. The first-order valence-electron chi connectivity index (χ1n) is 9.50. The van der Waals surface area contributed by atoms with Crippen molar-refractivity contribution < 1.29 is 5.11 Å². The molecule has 6 heteroatoms. The number of piperazine rings is 1. The summed E-state index contributed by atoms with van der Waals surface area (Å²) in [5.41, 5.74) is 2.32. The molecule has 0 aliphatic carbocycles. The number of aliphatic hydroxyl groups excluding tert-OH is 1. The van der Waals surface area contributed by atoms with Gasteiger partial charge in [0.25, 0.3) is 0 Å². The number of aliphatic hydroxyl groups is 1. The van der Waals surface area contributed by atoms with E-state index in [2.05, 4.69) is 50.7 Å². The summed E-state index contributed by atoms with van der Waals surface area (Å²) in [4.78, 5) is 6.40. The van der Waals surface area contributed by atoms with Crippen LogP contribution in [0.15, 0.2) is 60.2 Å². The minimum Gasteiger partial charge on any atom is -0.396 e. The molecule has 1 saturated heterocycles.